The van der Waals surface area contributed by atoms with E-state index < -0.39 is 29.1 Å². The summed E-state index contributed by atoms with van der Waals surface area (Å²) in [6.45, 7) is 4.00. The Morgan fingerprint density at radius 2 is 2.18 bits per heavy atom. The zero-order valence-corrected chi connectivity index (χ0v) is 18.7. The Morgan fingerprint density at radius 3 is 2.91 bits per heavy atom. The lowest BCUT2D eigenvalue weighted by Gasteiger charge is -2.25. The molecule has 3 aromatic rings. The maximum absolute atomic E-state index is 12.6. The number of imidazole rings is 1. The van der Waals surface area contributed by atoms with Crippen molar-refractivity contribution in [2.24, 2.45) is 17.3 Å². The number of aromatic amines is 1. The van der Waals surface area contributed by atoms with Crippen LogP contribution in [0.3, 0.4) is 0 Å². The number of aromatic nitrogens is 4. The number of amides is 1. The molecule has 11 heteroatoms. The summed E-state index contributed by atoms with van der Waals surface area (Å²) in [6.07, 6.45) is 0.412. The molecule has 1 aromatic carbocycles. The van der Waals surface area contributed by atoms with E-state index in [2.05, 4.69) is 20.3 Å². The van der Waals surface area contributed by atoms with Crippen LogP contribution in [-0.2, 0) is 25.6 Å². The van der Waals surface area contributed by atoms with Gasteiger partial charge in [-0.15, -0.1) is 0 Å². The molecule has 0 radical (unpaired) electrons. The van der Waals surface area contributed by atoms with E-state index >= 15 is 0 Å². The van der Waals surface area contributed by atoms with Gasteiger partial charge in [-0.1, -0.05) is 44.2 Å². The first kappa shape index (κ1) is 21.4. The van der Waals surface area contributed by atoms with Gasteiger partial charge in [0.2, 0.25) is 11.9 Å². The minimum atomic E-state index is -1.00. The summed E-state index contributed by atoms with van der Waals surface area (Å²) in [7, 11) is 0. The highest BCUT2D eigenvalue weighted by molar-refractivity contribution is 5.91. The lowest BCUT2D eigenvalue weighted by Crippen LogP contribution is -2.32. The van der Waals surface area contributed by atoms with Gasteiger partial charge in [-0.3, -0.25) is 24.5 Å². The molecule has 2 aromatic heterocycles. The van der Waals surface area contributed by atoms with Crippen LogP contribution in [-0.4, -0.2) is 55.6 Å². The molecule has 1 saturated carbocycles. The van der Waals surface area contributed by atoms with Crippen molar-refractivity contribution in [2.45, 2.75) is 38.6 Å². The molecular formula is C23H25N5O6. The summed E-state index contributed by atoms with van der Waals surface area (Å²) in [5, 5.41) is 12.8. The minimum Gasteiger partial charge on any atom is -0.395 e. The molecule has 6 rings (SSSR count). The molecule has 3 aliphatic rings. The van der Waals surface area contributed by atoms with Crippen LogP contribution >= 0.6 is 0 Å². The van der Waals surface area contributed by atoms with Crippen LogP contribution in [0.25, 0.3) is 11.2 Å². The lowest BCUT2D eigenvalue weighted by molar-refractivity contribution is -0.220. The number of aliphatic hydroxyl groups is 1. The Bertz CT molecular complexity index is 1320. The number of nitrogens with one attached hydrogen (secondary N) is 2. The van der Waals surface area contributed by atoms with Gasteiger partial charge in [0.1, 0.15) is 6.10 Å². The standard InChI is InChI=1S/C23H25N5O6/c1-12(2)18(30)26-21-25-17-14(19(31)27-21)24-11-28(17)20-15-16-22(9-29,10-32-15)23(16,34-20)33-8-13-6-4-3-5-7-13/h3-7,11-12,15-16,20,29H,8-10H2,1-2H3,(H2,25,26,27,30,31). The molecule has 34 heavy (non-hydrogen) atoms. The van der Waals surface area contributed by atoms with Crippen molar-refractivity contribution in [3.05, 3.63) is 52.6 Å². The van der Waals surface area contributed by atoms with Crippen molar-refractivity contribution >= 4 is 23.0 Å². The van der Waals surface area contributed by atoms with E-state index in [9.17, 15) is 14.7 Å². The van der Waals surface area contributed by atoms with Gasteiger partial charge < -0.3 is 19.3 Å². The first-order chi connectivity index (χ1) is 16.4. The minimum absolute atomic E-state index is 0.0354. The number of ether oxygens (including phenoxy) is 3. The molecule has 3 N–H and O–H groups in total. The summed E-state index contributed by atoms with van der Waals surface area (Å²) < 4.78 is 20.4. The number of aliphatic hydroxyl groups excluding tert-OH is 1. The number of benzene rings is 1. The lowest BCUT2D eigenvalue weighted by atomic mass is 10.0. The Labute approximate surface area is 194 Å². The van der Waals surface area contributed by atoms with Crippen LogP contribution in [0, 0.1) is 17.3 Å². The van der Waals surface area contributed by atoms with E-state index in [1.165, 1.54) is 6.33 Å². The van der Waals surface area contributed by atoms with Crippen LogP contribution in [0.15, 0.2) is 41.5 Å². The second-order valence-corrected chi connectivity index (χ2v) is 9.40. The normalized spacial score (nSPS) is 31.2. The van der Waals surface area contributed by atoms with Crippen LogP contribution in [0.5, 0.6) is 0 Å². The predicted octanol–water partition coefficient (Wildman–Crippen LogP) is 1.16. The first-order valence-electron chi connectivity index (χ1n) is 11.3. The molecule has 3 fully saturated rings. The van der Waals surface area contributed by atoms with Gasteiger partial charge >= 0.3 is 0 Å². The van der Waals surface area contributed by atoms with Crippen molar-refractivity contribution in [3.8, 4) is 0 Å². The number of hydrogen-bond donors (Lipinski definition) is 3. The fourth-order valence-electron chi connectivity index (χ4n) is 5.24. The smallest absolute Gasteiger partial charge is 0.280 e. The molecule has 2 aliphatic heterocycles. The number of nitrogens with zero attached hydrogens (tertiary/aromatic N) is 3. The molecule has 5 atom stereocenters. The topological polar surface area (TPSA) is 141 Å². The summed E-state index contributed by atoms with van der Waals surface area (Å²) >= 11 is 0. The third-order valence-electron chi connectivity index (χ3n) is 7.10. The molecule has 5 unspecified atom stereocenters. The maximum atomic E-state index is 12.6. The van der Waals surface area contributed by atoms with Crippen LogP contribution in [0.1, 0.15) is 25.6 Å². The highest BCUT2D eigenvalue weighted by Crippen LogP contribution is 2.76. The fourth-order valence-corrected chi connectivity index (χ4v) is 5.24. The van der Waals surface area contributed by atoms with E-state index in [1.54, 1.807) is 18.4 Å². The number of carbonyl (C=O) groups excluding carboxylic acids is 1. The highest BCUT2D eigenvalue weighted by atomic mass is 16.8. The van der Waals surface area contributed by atoms with Gasteiger partial charge in [0.15, 0.2) is 23.2 Å². The van der Waals surface area contributed by atoms with Gasteiger partial charge in [0.25, 0.3) is 5.56 Å². The molecule has 11 nitrogen and oxygen atoms in total. The molecule has 0 bridgehead atoms. The van der Waals surface area contributed by atoms with Gasteiger partial charge in [0, 0.05) is 5.92 Å². The molecule has 0 spiro atoms. The second-order valence-electron chi connectivity index (χ2n) is 9.40. The number of fused-ring (bicyclic) bond motifs is 2. The van der Waals surface area contributed by atoms with E-state index in [0.29, 0.717) is 13.2 Å². The van der Waals surface area contributed by atoms with Gasteiger partial charge in [-0.25, -0.2) is 4.98 Å². The number of carbonyl (C=O) groups is 1. The number of rotatable bonds is 7. The maximum Gasteiger partial charge on any atom is 0.280 e. The monoisotopic (exact) mass is 467 g/mol. The molecule has 1 aliphatic carbocycles. The molecular weight excluding hydrogens is 442 g/mol. The predicted molar refractivity (Wildman–Crippen MR) is 118 cm³/mol. The summed E-state index contributed by atoms with van der Waals surface area (Å²) in [4.78, 5) is 35.9. The van der Waals surface area contributed by atoms with Crippen molar-refractivity contribution in [2.75, 3.05) is 18.5 Å². The Hall–Kier alpha value is -3.12. The zero-order valence-electron chi connectivity index (χ0n) is 18.7. The molecule has 2 saturated heterocycles. The van der Waals surface area contributed by atoms with Gasteiger partial charge in [-0.05, 0) is 5.56 Å². The summed E-state index contributed by atoms with van der Waals surface area (Å²) in [6, 6.07) is 9.74. The summed E-state index contributed by atoms with van der Waals surface area (Å²) in [5.74, 6) is -1.69. The number of H-pyrrole nitrogens is 1. The van der Waals surface area contributed by atoms with Gasteiger partial charge in [-0.2, -0.15) is 4.98 Å². The van der Waals surface area contributed by atoms with Crippen LogP contribution < -0.4 is 10.9 Å². The van der Waals surface area contributed by atoms with E-state index in [1.807, 2.05) is 30.3 Å². The largest absolute Gasteiger partial charge is 0.395 e. The van der Waals surface area contributed by atoms with Crippen molar-refractivity contribution < 1.29 is 24.1 Å². The van der Waals surface area contributed by atoms with E-state index in [4.69, 9.17) is 14.2 Å². The SMILES string of the molecule is CC(C)C(=O)Nc1nc2c(ncn2C2OC3(OCc4ccccc4)C4C2OCC43CO)c(=O)[nH]1. The second kappa shape index (κ2) is 7.44. The Kier molecular flexibility index (Phi) is 4.69. The van der Waals surface area contributed by atoms with E-state index in [0.717, 1.165) is 5.56 Å². The third kappa shape index (κ3) is 2.84. The molecule has 4 heterocycles. The highest BCUT2D eigenvalue weighted by Gasteiger charge is 2.90. The van der Waals surface area contributed by atoms with Crippen molar-refractivity contribution in [1.82, 2.24) is 19.5 Å². The Balaban J connectivity index is 1.33. The average Bonchev–Trinajstić information content (AvgIpc) is 3.22. The number of anilines is 1. The van der Waals surface area contributed by atoms with Gasteiger partial charge in [0.05, 0.1) is 37.5 Å². The Morgan fingerprint density at radius 1 is 1.38 bits per heavy atom. The first-order valence-corrected chi connectivity index (χ1v) is 11.3. The fraction of sp³-hybridized carbons (Fsp3) is 0.478. The van der Waals surface area contributed by atoms with E-state index in [-0.39, 0.29) is 41.5 Å². The van der Waals surface area contributed by atoms with Crippen LogP contribution in [0.4, 0.5) is 5.95 Å². The van der Waals surface area contributed by atoms with Crippen LogP contribution in [0.2, 0.25) is 0 Å². The average molecular weight is 467 g/mol. The van der Waals surface area contributed by atoms with Crippen molar-refractivity contribution in [3.63, 3.8) is 0 Å². The zero-order chi connectivity index (χ0) is 23.7. The quantitative estimate of drug-likeness (QED) is 0.470. The molecule has 178 valence electrons. The molecule has 1 amide bonds. The van der Waals surface area contributed by atoms with Crippen molar-refractivity contribution in [1.29, 1.82) is 0 Å². The third-order valence-corrected chi connectivity index (χ3v) is 7.10. The number of hydrogen-bond acceptors (Lipinski definition) is 8. The summed E-state index contributed by atoms with van der Waals surface area (Å²) in [5.41, 5.74) is 0.278.